The highest BCUT2D eigenvalue weighted by Crippen LogP contribution is 2.03. The molecule has 0 radical (unpaired) electrons. The predicted octanol–water partition coefficient (Wildman–Crippen LogP) is 1.07. The third-order valence-corrected chi connectivity index (χ3v) is 4.66. The molecule has 0 aromatic carbocycles. The predicted molar refractivity (Wildman–Crippen MR) is 135 cm³/mol. The van der Waals surface area contributed by atoms with Gasteiger partial charge in [0, 0.05) is 0 Å². The largest absolute Gasteiger partial charge is 0.394 e. The van der Waals surface area contributed by atoms with Crippen LogP contribution in [0.1, 0.15) is 32.6 Å². The summed E-state index contributed by atoms with van der Waals surface area (Å²) in [6.07, 6.45) is 3.76. The highest BCUT2D eigenvalue weighted by molar-refractivity contribution is 4.54. The van der Waals surface area contributed by atoms with Crippen LogP contribution in [0.4, 0.5) is 0 Å². The second-order valence-electron chi connectivity index (χ2n) is 7.85. The summed E-state index contributed by atoms with van der Waals surface area (Å²) in [5, 5.41) is 18.3. The molecule has 0 aromatic heterocycles. The lowest BCUT2D eigenvalue weighted by molar-refractivity contribution is -0.0286. The molecule has 218 valence electrons. The SMILES string of the molecule is CCCCCC(O)COCCOCCOCCOCCOCCOCCOCCOCCOCCO. The van der Waals surface area contributed by atoms with Crippen LogP contribution in [0, 0.1) is 0 Å². The molecule has 11 nitrogen and oxygen atoms in total. The third-order valence-electron chi connectivity index (χ3n) is 4.66. The second kappa shape index (κ2) is 32.6. The maximum absolute atomic E-state index is 9.74. The Bertz CT molecular complexity index is 391. The van der Waals surface area contributed by atoms with E-state index >= 15 is 0 Å². The molecule has 0 bridgehead atoms. The molecule has 0 fully saturated rings. The zero-order valence-electron chi connectivity index (χ0n) is 22.4. The summed E-state index contributed by atoms with van der Waals surface area (Å²) in [6.45, 7) is 10.9. The lowest BCUT2D eigenvalue weighted by Gasteiger charge is -2.11. The maximum atomic E-state index is 9.74. The Hall–Kier alpha value is -0.440. The van der Waals surface area contributed by atoms with E-state index in [1.807, 2.05) is 0 Å². The Balaban J connectivity index is 3.05. The summed E-state index contributed by atoms with van der Waals surface area (Å²) in [5.74, 6) is 0. The second-order valence-corrected chi connectivity index (χ2v) is 7.85. The fraction of sp³-hybridized carbons (Fsp3) is 1.00. The first kappa shape index (κ1) is 35.6. The number of hydrogen-bond donors (Lipinski definition) is 2. The first-order chi connectivity index (χ1) is 17.8. The minimum atomic E-state index is -0.378. The minimum Gasteiger partial charge on any atom is -0.394 e. The quantitative estimate of drug-likeness (QED) is 0.122. The molecule has 1 unspecified atom stereocenters. The van der Waals surface area contributed by atoms with Crippen LogP contribution < -0.4 is 0 Å². The Kier molecular flexibility index (Phi) is 32.2. The van der Waals surface area contributed by atoms with Crippen molar-refractivity contribution in [2.24, 2.45) is 0 Å². The van der Waals surface area contributed by atoms with Gasteiger partial charge in [0.25, 0.3) is 0 Å². The van der Waals surface area contributed by atoms with Crippen LogP contribution in [0.3, 0.4) is 0 Å². The molecule has 0 heterocycles. The Labute approximate surface area is 217 Å². The van der Waals surface area contributed by atoms with Crippen LogP contribution in [-0.4, -0.2) is 142 Å². The van der Waals surface area contributed by atoms with Gasteiger partial charge in [-0.15, -0.1) is 0 Å². The molecule has 0 spiro atoms. The summed E-state index contributed by atoms with van der Waals surface area (Å²) in [6, 6.07) is 0. The number of aliphatic hydroxyl groups excluding tert-OH is 2. The normalized spacial score (nSPS) is 12.4. The van der Waals surface area contributed by atoms with Crippen LogP contribution in [0.25, 0.3) is 0 Å². The van der Waals surface area contributed by atoms with Gasteiger partial charge in [0.05, 0.1) is 132 Å². The molecule has 2 N–H and O–H groups in total. The van der Waals surface area contributed by atoms with Gasteiger partial charge >= 0.3 is 0 Å². The number of ether oxygens (including phenoxy) is 9. The van der Waals surface area contributed by atoms with Gasteiger partial charge < -0.3 is 52.8 Å². The van der Waals surface area contributed by atoms with E-state index in [1.165, 1.54) is 0 Å². The van der Waals surface area contributed by atoms with Crippen molar-refractivity contribution in [3.63, 3.8) is 0 Å². The van der Waals surface area contributed by atoms with Crippen molar-refractivity contribution in [2.75, 3.05) is 126 Å². The van der Waals surface area contributed by atoms with Crippen molar-refractivity contribution in [3.8, 4) is 0 Å². The number of unbranched alkanes of at least 4 members (excludes halogenated alkanes) is 2. The van der Waals surface area contributed by atoms with Gasteiger partial charge in [-0.2, -0.15) is 0 Å². The van der Waals surface area contributed by atoms with Crippen LogP contribution >= 0.6 is 0 Å². The van der Waals surface area contributed by atoms with Crippen molar-refractivity contribution in [1.29, 1.82) is 0 Å². The van der Waals surface area contributed by atoms with Gasteiger partial charge in [-0.3, -0.25) is 0 Å². The van der Waals surface area contributed by atoms with Gasteiger partial charge in [-0.05, 0) is 6.42 Å². The fourth-order valence-electron chi connectivity index (χ4n) is 2.76. The van der Waals surface area contributed by atoms with Crippen LogP contribution in [0.5, 0.6) is 0 Å². The average Bonchev–Trinajstić information content (AvgIpc) is 2.88. The Morgan fingerprint density at radius 1 is 0.444 bits per heavy atom. The molecule has 0 saturated carbocycles. The van der Waals surface area contributed by atoms with Crippen molar-refractivity contribution in [1.82, 2.24) is 0 Å². The van der Waals surface area contributed by atoms with Gasteiger partial charge in [-0.25, -0.2) is 0 Å². The van der Waals surface area contributed by atoms with Crippen molar-refractivity contribution >= 4 is 0 Å². The summed E-state index contributed by atoms with van der Waals surface area (Å²) in [5.41, 5.74) is 0. The van der Waals surface area contributed by atoms with Crippen molar-refractivity contribution in [3.05, 3.63) is 0 Å². The number of hydrogen-bond acceptors (Lipinski definition) is 11. The molecule has 36 heavy (non-hydrogen) atoms. The molecule has 0 aromatic rings. The number of aliphatic hydroxyl groups is 2. The molecule has 1 atom stereocenters. The monoisotopic (exact) mass is 528 g/mol. The molecule has 0 aliphatic rings. The zero-order valence-corrected chi connectivity index (χ0v) is 22.4. The Morgan fingerprint density at radius 3 is 1.06 bits per heavy atom. The molecule has 0 rings (SSSR count). The van der Waals surface area contributed by atoms with Gasteiger partial charge in [-0.1, -0.05) is 26.2 Å². The first-order valence-electron chi connectivity index (χ1n) is 13.3. The molecule has 0 amide bonds. The van der Waals surface area contributed by atoms with Crippen molar-refractivity contribution in [2.45, 2.75) is 38.7 Å². The molecular formula is C25H52O11. The average molecular weight is 529 g/mol. The van der Waals surface area contributed by atoms with E-state index in [4.69, 9.17) is 47.7 Å². The lowest BCUT2D eigenvalue weighted by atomic mass is 10.1. The smallest absolute Gasteiger partial charge is 0.0773 e. The van der Waals surface area contributed by atoms with E-state index < -0.39 is 0 Å². The zero-order chi connectivity index (χ0) is 26.2. The highest BCUT2D eigenvalue weighted by Gasteiger charge is 2.03. The molecule has 0 aliphatic heterocycles. The molecule has 0 saturated heterocycles. The fourth-order valence-corrected chi connectivity index (χ4v) is 2.76. The van der Waals surface area contributed by atoms with Gasteiger partial charge in [0.2, 0.25) is 0 Å². The standard InChI is InChI=1S/C25H52O11/c1-2-3-4-5-25(27)24-36-23-22-35-21-20-34-19-18-33-17-16-32-15-14-31-13-12-30-11-10-29-9-8-28-7-6-26/h25-27H,2-24H2,1H3. The highest BCUT2D eigenvalue weighted by atomic mass is 16.6. The van der Waals surface area contributed by atoms with Gasteiger partial charge in [0.1, 0.15) is 0 Å². The topological polar surface area (TPSA) is 124 Å². The van der Waals surface area contributed by atoms with E-state index in [2.05, 4.69) is 6.92 Å². The van der Waals surface area contributed by atoms with E-state index in [1.54, 1.807) is 0 Å². The van der Waals surface area contributed by atoms with E-state index in [0.717, 1.165) is 25.7 Å². The molecule has 0 aliphatic carbocycles. The summed E-state index contributed by atoms with van der Waals surface area (Å²) < 4.78 is 48.3. The van der Waals surface area contributed by atoms with E-state index in [-0.39, 0.29) is 12.7 Å². The lowest BCUT2D eigenvalue weighted by Crippen LogP contribution is -2.18. The third kappa shape index (κ3) is 31.6. The molecule has 11 heteroatoms. The van der Waals surface area contributed by atoms with E-state index in [0.29, 0.717) is 119 Å². The van der Waals surface area contributed by atoms with Crippen LogP contribution in [0.15, 0.2) is 0 Å². The van der Waals surface area contributed by atoms with Crippen molar-refractivity contribution < 1.29 is 52.8 Å². The minimum absolute atomic E-state index is 0.0276. The number of rotatable bonds is 32. The first-order valence-corrected chi connectivity index (χ1v) is 13.3. The summed E-state index contributed by atoms with van der Waals surface area (Å²) >= 11 is 0. The Morgan fingerprint density at radius 2 is 0.750 bits per heavy atom. The van der Waals surface area contributed by atoms with E-state index in [9.17, 15) is 5.11 Å². The summed E-state index contributed by atoms with van der Waals surface area (Å²) in [4.78, 5) is 0. The van der Waals surface area contributed by atoms with Crippen LogP contribution in [-0.2, 0) is 42.6 Å². The molecular weight excluding hydrogens is 476 g/mol. The van der Waals surface area contributed by atoms with Gasteiger partial charge in [0.15, 0.2) is 0 Å². The van der Waals surface area contributed by atoms with Crippen LogP contribution in [0.2, 0.25) is 0 Å². The maximum Gasteiger partial charge on any atom is 0.0773 e. The summed E-state index contributed by atoms with van der Waals surface area (Å²) in [7, 11) is 0.